The number of fused-ring (bicyclic) bond motifs is 3. The molecule has 1 saturated carbocycles. The standard InChI is InChI=1S/C35H44O13/c1-16-25-20(46-31(16)41)13-19-18(26(25)37)7-8-24-34(2,9-6-10-35(19,24)3)15-45-33-30(29(40)28(39)23(14-36)47-33)48-32(42)17-11-21(43-4)27(38)22(12-17)44-5/h11-12,20,23-24,28-30,33,36,38-40H,6-10,13-15H2,1-5H3/t20-,23-,24-,28-,29+,30-,33-,34+,35+/m0/s1. The summed E-state index contributed by atoms with van der Waals surface area (Å²) in [7, 11) is 2.62. The van der Waals surface area contributed by atoms with E-state index in [0.29, 0.717) is 24.0 Å². The average molecular weight is 673 g/mol. The van der Waals surface area contributed by atoms with Crippen LogP contribution in [0.3, 0.4) is 0 Å². The first kappa shape index (κ1) is 34.4. The largest absolute Gasteiger partial charge is 0.502 e. The molecule has 0 amide bonds. The molecule has 6 rings (SSSR count). The van der Waals surface area contributed by atoms with E-state index in [2.05, 4.69) is 13.8 Å². The molecule has 0 radical (unpaired) electrons. The number of hydrogen-bond donors (Lipinski definition) is 4. The first-order valence-electron chi connectivity index (χ1n) is 16.4. The molecule has 0 spiro atoms. The number of ketones is 1. The van der Waals surface area contributed by atoms with E-state index >= 15 is 0 Å². The lowest BCUT2D eigenvalue weighted by molar-refractivity contribution is -0.307. The highest BCUT2D eigenvalue weighted by Crippen LogP contribution is 2.62. The Morgan fingerprint density at radius 1 is 1.06 bits per heavy atom. The molecule has 13 heteroatoms. The van der Waals surface area contributed by atoms with E-state index in [0.717, 1.165) is 36.8 Å². The van der Waals surface area contributed by atoms with Gasteiger partial charge in [0.05, 0.1) is 38.6 Å². The second-order valence-electron chi connectivity index (χ2n) is 14.1. The number of aromatic hydroxyl groups is 1. The summed E-state index contributed by atoms with van der Waals surface area (Å²) in [4.78, 5) is 39.3. The van der Waals surface area contributed by atoms with Crippen LogP contribution in [0.15, 0.2) is 34.4 Å². The van der Waals surface area contributed by atoms with Crippen molar-refractivity contribution in [3.05, 3.63) is 40.0 Å². The van der Waals surface area contributed by atoms with Crippen molar-refractivity contribution >= 4 is 17.7 Å². The molecule has 3 aliphatic carbocycles. The van der Waals surface area contributed by atoms with Gasteiger partial charge in [-0.2, -0.15) is 0 Å². The van der Waals surface area contributed by atoms with E-state index in [-0.39, 0.29) is 46.5 Å². The van der Waals surface area contributed by atoms with Gasteiger partial charge in [-0.25, -0.2) is 9.59 Å². The molecule has 5 aliphatic rings. The predicted molar refractivity (Wildman–Crippen MR) is 166 cm³/mol. The van der Waals surface area contributed by atoms with E-state index in [1.54, 1.807) is 6.92 Å². The summed E-state index contributed by atoms with van der Waals surface area (Å²) in [5.41, 5.74) is 1.87. The number of ether oxygens (including phenoxy) is 6. The molecule has 2 heterocycles. The Morgan fingerprint density at radius 2 is 1.75 bits per heavy atom. The first-order chi connectivity index (χ1) is 22.8. The second kappa shape index (κ2) is 12.8. The smallest absolute Gasteiger partial charge is 0.338 e. The van der Waals surface area contributed by atoms with Gasteiger partial charge in [-0.15, -0.1) is 0 Å². The van der Waals surface area contributed by atoms with Crippen LogP contribution in [0.25, 0.3) is 0 Å². The molecule has 0 aromatic heterocycles. The van der Waals surface area contributed by atoms with Crippen molar-refractivity contribution in [2.75, 3.05) is 27.4 Å². The van der Waals surface area contributed by atoms with E-state index in [4.69, 9.17) is 28.4 Å². The van der Waals surface area contributed by atoms with Crippen LogP contribution in [0.2, 0.25) is 0 Å². The number of carbonyl (C=O) groups excluding carboxylic acids is 3. The average Bonchev–Trinajstić information content (AvgIpc) is 3.35. The molecular formula is C35H44O13. The monoisotopic (exact) mass is 672 g/mol. The maximum atomic E-state index is 13.6. The molecule has 2 fully saturated rings. The number of benzene rings is 1. The minimum Gasteiger partial charge on any atom is -0.502 e. The lowest BCUT2D eigenvalue weighted by Crippen LogP contribution is -2.61. The summed E-state index contributed by atoms with van der Waals surface area (Å²) in [6.07, 6.45) is -3.56. The van der Waals surface area contributed by atoms with Crippen LogP contribution in [0.1, 0.15) is 69.7 Å². The lowest BCUT2D eigenvalue weighted by Gasteiger charge is -2.57. The number of phenols is 1. The Kier molecular flexibility index (Phi) is 9.14. The summed E-state index contributed by atoms with van der Waals surface area (Å²) >= 11 is 0. The molecule has 4 N–H and O–H groups in total. The molecule has 0 bridgehead atoms. The second-order valence-corrected chi connectivity index (χ2v) is 14.1. The van der Waals surface area contributed by atoms with Crippen LogP contribution in [-0.2, 0) is 28.5 Å². The minimum absolute atomic E-state index is 0.0397. The number of methoxy groups -OCH3 is 2. The third-order valence-corrected chi connectivity index (χ3v) is 11.3. The predicted octanol–water partition coefficient (Wildman–Crippen LogP) is 2.51. The Hall–Kier alpha value is -3.49. The van der Waals surface area contributed by atoms with Crippen LogP contribution in [0.5, 0.6) is 17.2 Å². The van der Waals surface area contributed by atoms with Gasteiger partial charge in [-0.3, -0.25) is 4.79 Å². The van der Waals surface area contributed by atoms with Gasteiger partial charge in [0.2, 0.25) is 5.75 Å². The quantitative estimate of drug-likeness (QED) is 0.295. The first-order valence-corrected chi connectivity index (χ1v) is 16.4. The van der Waals surface area contributed by atoms with Crippen molar-refractivity contribution in [1.29, 1.82) is 0 Å². The molecule has 48 heavy (non-hydrogen) atoms. The summed E-state index contributed by atoms with van der Waals surface area (Å²) < 4.78 is 33.8. The SMILES string of the molecule is COc1cc(C(=O)O[C@@H]2[C@@H](OC[C@@]3(C)CCC[C@]4(C)C5=C(CC[C@@H]34)C(=O)C3=C(C)C(=O)O[C@H]3C5)O[C@@H](CO)[C@H](O)[C@H]2O)cc(OC)c1O. The van der Waals surface area contributed by atoms with Crippen molar-refractivity contribution in [1.82, 2.24) is 0 Å². The van der Waals surface area contributed by atoms with Gasteiger partial charge < -0.3 is 48.8 Å². The van der Waals surface area contributed by atoms with Crippen molar-refractivity contribution in [3.63, 3.8) is 0 Å². The summed E-state index contributed by atoms with van der Waals surface area (Å²) in [5.74, 6) is -1.76. The number of Topliss-reactive ketones (excluding diaryl/α,β-unsaturated/α-hetero) is 1. The van der Waals surface area contributed by atoms with Crippen molar-refractivity contribution in [2.45, 2.75) is 96.1 Å². The molecule has 1 saturated heterocycles. The number of esters is 2. The number of hydrogen-bond acceptors (Lipinski definition) is 13. The van der Waals surface area contributed by atoms with Crippen molar-refractivity contribution < 1.29 is 63.2 Å². The van der Waals surface area contributed by atoms with Crippen molar-refractivity contribution in [3.8, 4) is 17.2 Å². The Labute approximate surface area is 278 Å². The van der Waals surface area contributed by atoms with E-state index < -0.39 is 60.8 Å². The van der Waals surface area contributed by atoms with Gasteiger partial charge in [-0.05, 0) is 67.1 Å². The fraction of sp³-hybridized carbons (Fsp3) is 0.629. The molecule has 262 valence electrons. The number of aliphatic hydroxyl groups excluding tert-OH is 3. The van der Waals surface area contributed by atoms with Gasteiger partial charge in [0, 0.05) is 12.0 Å². The number of aliphatic hydroxyl groups is 3. The zero-order valence-electron chi connectivity index (χ0n) is 27.8. The van der Waals surface area contributed by atoms with Gasteiger partial charge in [0.15, 0.2) is 29.7 Å². The molecule has 13 nitrogen and oxygen atoms in total. The van der Waals surface area contributed by atoms with Crippen LogP contribution >= 0.6 is 0 Å². The fourth-order valence-electron chi connectivity index (χ4n) is 8.80. The summed E-state index contributed by atoms with van der Waals surface area (Å²) in [5, 5.41) is 41.9. The minimum atomic E-state index is -1.66. The maximum Gasteiger partial charge on any atom is 0.338 e. The molecule has 1 aromatic rings. The normalized spacial score (nSPS) is 36.2. The molecule has 1 aromatic carbocycles. The van der Waals surface area contributed by atoms with Crippen LogP contribution < -0.4 is 9.47 Å². The van der Waals surface area contributed by atoms with Gasteiger partial charge >= 0.3 is 11.9 Å². The zero-order valence-corrected chi connectivity index (χ0v) is 27.8. The number of allylic oxidation sites excluding steroid dienone is 1. The van der Waals surface area contributed by atoms with Gasteiger partial charge in [0.1, 0.15) is 24.4 Å². The summed E-state index contributed by atoms with van der Waals surface area (Å²) in [6, 6.07) is 2.50. The Morgan fingerprint density at radius 3 is 2.40 bits per heavy atom. The lowest BCUT2D eigenvalue weighted by atomic mass is 9.48. The van der Waals surface area contributed by atoms with Crippen molar-refractivity contribution in [2.24, 2.45) is 16.7 Å². The number of rotatable bonds is 8. The Bertz CT molecular complexity index is 1540. The summed E-state index contributed by atoms with van der Waals surface area (Å²) in [6.45, 7) is 5.46. The highest BCUT2D eigenvalue weighted by molar-refractivity contribution is 6.16. The highest BCUT2D eigenvalue weighted by atomic mass is 16.7. The third-order valence-electron chi connectivity index (χ3n) is 11.3. The molecular weight excluding hydrogens is 628 g/mol. The Balaban J connectivity index is 1.24. The van der Waals surface area contributed by atoms with E-state index in [1.165, 1.54) is 26.4 Å². The molecule has 2 aliphatic heterocycles. The topological polar surface area (TPSA) is 188 Å². The van der Waals surface area contributed by atoms with E-state index in [9.17, 15) is 34.8 Å². The highest BCUT2D eigenvalue weighted by Gasteiger charge is 2.57. The molecule has 9 atom stereocenters. The fourth-order valence-corrected chi connectivity index (χ4v) is 8.80. The van der Waals surface area contributed by atoms with Gasteiger partial charge in [-0.1, -0.05) is 25.8 Å². The zero-order chi connectivity index (χ0) is 34.7. The molecule has 0 unspecified atom stereocenters. The third kappa shape index (κ3) is 5.49. The van der Waals surface area contributed by atoms with Crippen LogP contribution in [0.4, 0.5) is 0 Å². The van der Waals surface area contributed by atoms with Crippen LogP contribution in [0, 0.1) is 16.7 Å². The number of phenolic OH excluding ortho intramolecular Hbond substituents is 1. The van der Waals surface area contributed by atoms with Crippen LogP contribution in [-0.4, -0.2) is 102 Å². The van der Waals surface area contributed by atoms with Gasteiger partial charge in [0.25, 0.3) is 0 Å². The maximum absolute atomic E-state index is 13.6. The van der Waals surface area contributed by atoms with E-state index in [1.807, 2.05) is 0 Å². The number of carbonyl (C=O) groups is 3.